The molecule has 0 aliphatic rings. The molecule has 1 unspecified atom stereocenters. The second-order valence-electron chi connectivity index (χ2n) is 3.86. The molecule has 1 rings (SSSR count). The number of hydrazine groups is 1. The summed E-state index contributed by atoms with van der Waals surface area (Å²) in [5.41, 5.74) is 3.36. The van der Waals surface area contributed by atoms with E-state index in [-0.39, 0.29) is 12.6 Å². The van der Waals surface area contributed by atoms with Gasteiger partial charge in [-0.1, -0.05) is 11.6 Å². The summed E-state index contributed by atoms with van der Waals surface area (Å²) in [5, 5.41) is 0.546. The molecule has 3 N–H and O–H groups in total. The van der Waals surface area contributed by atoms with E-state index in [2.05, 4.69) is 5.43 Å². The van der Waals surface area contributed by atoms with Crippen LogP contribution in [-0.4, -0.2) is 26.7 Å². The van der Waals surface area contributed by atoms with Gasteiger partial charge in [0.15, 0.2) is 0 Å². The van der Waals surface area contributed by atoms with Gasteiger partial charge < -0.3 is 9.47 Å². The highest BCUT2D eigenvalue weighted by molar-refractivity contribution is 6.30. The van der Waals surface area contributed by atoms with E-state index in [0.29, 0.717) is 17.2 Å². The Bertz CT molecular complexity index is 394. The monoisotopic (exact) mass is 294 g/mol. The Kier molecular flexibility index (Phi) is 7.01. The average molecular weight is 295 g/mol. The lowest BCUT2D eigenvalue weighted by atomic mass is 10.0. The molecule has 0 heterocycles. The van der Waals surface area contributed by atoms with Gasteiger partial charge in [-0.05, 0) is 24.6 Å². The Labute approximate surface area is 115 Å². The third-order valence-electron chi connectivity index (χ3n) is 2.56. The number of hydrogen-bond acceptors (Lipinski definition) is 4. The van der Waals surface area contributed by atoms with Crippen LogP contribution in [0, 0.1) is 0 Å². The maximum Gasteiger partial charge on any atom is 0.261 e. The summed E-state index contributed by atoms with van der Waals surface area (Å²) in [6.07, 6.45) is -2.04. The van der Waals surface area contributed by atoms with Crippen molar-refractivity contribution in [1.29, 1.82) is 0 Å². The van der Waals surface area contributed by atoms with Crippen LogP contribution in [-0.2, 0) is 4.74 Å². The number of nitrogens with one attached hydrogen (secondary N) is 1. The van der Waals surface area contributed by atoms with Gasteiger partial charge >= 0.3 is 0 Å². The van der Waals surface area contributed by atoms with Crippen molar-refractivity contribution in [3.05, 3.63) is 28.8 Å². The summed E-state index contributed by atoms with van der Waals surface area (Å²) in [6, 6.07) is 4.86. The first-order chi connectivity index (χ1) is 9.08. The molecule has 1 aromatic carbocycles. The zero-order valence-electron chi connectivity index (χ0n) is 10.5. The van der Waals surface area contributed by atoms with Crippen LogP contribution in [0.3, 0.4) is 0 Å². The fourth-order valence-electron chi connectivity index (χ4n) is 1.68. The molecule has 1 aromatic rings. The minimum atomic E-state index is -2.47. The van der Waals surface area contributed by atoms with Gasteiger partial charge in [-0.15, -0.1) is 0 Å². The molecular weight excluding hydrogens is 278 g/mol. The largest absolute Gasteiger partial charge is 0.496 e. The van der Waals surface area contributed by atoms with Crippen molar-refractivity contribution >= 4 is 11.6 Å². The van der Waals surface area contributed by atoms with E-state index >= 15 is 0 Å². The number of halogens is 3. The molecule has 19 heavy (non-hydrogen) atoms. The number of methoxy groups -OCH3 is 1. The molecule has 0 aromatic heterocycles. The minimum Gasteiger partial charge on any atom is -0.496 e. The Hall–Kier alpha value is -0.950. The first kappa shape index (κ1) is 16.1. The maximum absolute atomic E-state index is 11.9. The number of benzene rings is 1. The highest BCUT2D eigenvalue weighted by Crippen LogP contribution is 2.29. The van der Waals surface area contributed by atoms with E-state index in [1.54, 1.807) is 18.2 Å². The van der Waals surface area contributed by atoms with Gasteiger partial charge in [0.25, 0.3) is 6.43 Å². The fraction of sp³-hybridized carbons (Fsp3) is 0.500. The van der Waals surface area contributed by atoms with Gasteiger partial charge in [0.1, 0.15) is 12.4 Å². The van der Waals surface area contributed by atoms with Crippen molar-refractivity contribution in [1.82, 2.24) is 5.43 Å². The van der Waals surface area contributed by atoms with Gasteiger partial charge in [-0.3, -0.25) is 11.3 Å². The van der Waals surface area contributed by atoms with Crippen LogP contribution in [0.1, 0.15) is 18.0 Å². The first-order valence-electron chi connectivity index (χ1n) is 5.74. The quantitative estimate of drug-likeness (QED) is 0.439. The lowest BCUT2D eigenvalue weighted by Gasteiger charge is -2.19. The number of alkyl halides is 2. The summed E-state index contributed by atoms with van der Waals surface area (Å²) in [4.78, 5) is 0. The Balaban J connectivity index is 2.65. The normalized spacial score (nSPS) is 12.7. The van der Waals surface area contributed by atoms with Crippen LogP contribution >= 0.6 is 11.6 Å². The number of nitrogens with two attached hydrogens (primary N) is 1. The predicted molar refractivity (Wildman–Crippen MR) is 69.5 cm³/mol. The highest BCUT2D eigenvalue weighted by atomic mass is 35.5. The number of hydrogen-bond donors (Lipinski definition) is 2. The van der Waals surface area contributed by atoms with Gasteiger partial charge in [0, 0.05) is 17.2 Å². The van der Waals surface area contributed by atoms with E-state index in [4.69, 9.17) is 26.9 Å². The van der Waals surface area contributed by atoms with Gasteiger partial charge in [-0.2, -0.15) is 0 Å². The van der Waals surface area contributed by atoms with Crippen molar-refractivity contribution in [2.75, 3.05) is 20.3 Å². The lowest BCUT2D eigenvalue weighted by molar-refractivity contribution is 0.0143. The standard InChI is InChI=1S/C12H17ClF2N2O2/c1-18-11-3-2-8(13)6-9(11)10(17-16)4-5-19-7-12(14)15/h2-3,6,10,12,17H,4-5,7,16H2,1H3. The summed E-state index contributed by atoms with van der Waals surface area (Å²) < 4.78 is 33.9. The van der Waals surface area contributed by atoms with Crippen LogP contribution < -0.4 is 16.0 Å². The molecule has 0 radical (unpaired) electrons. The van der Waals surface area contributed by atoms with E-state index in [1.165, 1.54) is 7.11 Å². The van der Waals surface area contributed by atoms with Crippen molar-refractivity contribution in [3.63, 3.8) is 0 Å². The Morgan fingerprint density at radius 2 is 2.16 bits per heavy atom. The van der Waals surface area contributed by atoms with Gasteiger partial charge in [-0.25, -0.2) is 8.78 Å². The van der Waals surface area contributed by atoms with Gasteiger partial charge in [0.05, 0.1) is 13.2 Å². The maximum atomic E-state index is 11.9. The topological polar surface area (TPSA) is 56.5 Å². The zero-order chi connectivity index (χ0) is 14.3. The summed E-state index contributed by atoms with van der Waals surface area (Å²) >= 11 is 5.92. The lowest BCUT2D eigenvalue weighted by Crippen LogP contribution is -2.29. The summed E-state index contributed by atoms with van der Waals surface area (Å²) in [5.74, 6) is 6.09. The smallest absolute Gasteiger partial charge is 0.261 e. The molecule has 0 aliphatic heterocycles. The first-order valence-corrected chi connectivity index (χ1v) is 6.11. The summed E-state index contributed by atoms with van der Waals surface area (Å²) in [6.45, 7) is -0.418. The van der Waals surface area contributed by atoms with E-state index in [1.807, 2.05) is 0 Å². The second-order valence-corrected chi connectivity index (χ2v) is 4.30. The van der Waals surface area contributed by atoms with Crippen LogP contribution in [0.4, 0.5) is 8.78 Å². The van der Waals surface area contributed by atoms with Crippen molar-refractivity contribution < 1.29 is 18.3 Å². The van der Waals surface area contributed by atoms with E-state index in [9.17, 15) is 8.78 Å². The zero-order valence-corrected chi connectivity index (χ0v) is 11.3. The molecule has 0 spiro atoms. The van der Waals surface area contributed by atoms with Crippen molar-refractivity contribution in [3.8, 4) is 5.75 Å². The van der Waals surface area contributed by atoms with E-state index < -0.39 is 13.0 Å². The highest BCUT2D eigenvalue weighted by Gasteiger charge is 2.15. The molecule has 0 saturated carbocycles. The summed E-state index contributed by atoms with van der Waals surface area (Å²) in [7, 11) is 1.54. The van der Waals surface area contributed by atoms with Crippen LogP contribution in [0.15, 0.2) is 18.2 Å². The number of rotatable bonds is 8. The van der Waals surface area contributed by atoms with Gasteiger partial charge in [0.2, 0.25) is 0 Å². The molecule has 4 nitrogen and oxygen atoms in total. The fourth-order valence-corrected chi connectivity index (χ4v) is 1.86. The van der Waals surface area contributed by atoms with E-state index in [0.717, 1.165) is 5.56 Å². The molecule has 0 bridgehead atoms. The molecule has 108 valence electrons. The van der Waals surface area contributed by atoms with Crippen LogP contribution in [0.5, 0.6) is 5.75 Å². The molecule has 0 saturated heterocycles. The molecule has 0 amide bonds. The Morgan fingerprint density at radius 1 is 1.42 bits per heavy atom. The molecular formula is C12H17ClF2N2O2. The average Bonchev–Trinajstić information content (AvgIpc) is 2.38. The van der Waals surface area contributed by atoms with Crippen molar-refractivity contribution in [2.45, 2.75) is 18.9 Å². The van der Waals surface area contributed by atoms with Crippen LogP contribution in [0.25, 0.3) is 0 Å². The molecule has 1 atom stereocenters. The molecule has 7 heteroatoms. The molecule has 0 fully saturated rings. The third-order valence-corrected chi connectivity index (χ3v) is 2.80. The second kappa shape index (κ2) is 8.27. The Morgan fingerprint density at radius 3 is 2.74 bits per heavy atom. The minimum absolute atomic E-state index is 0.162. The SMILES string of the molecule is COc1ccc(Cl)cc1C(CCOCC(F)F)NN. The predicted octanol–water partition coefficient (Wildman–Crippen LogP) is 2.52. The van der Waals surface area contributed by atoms with Crippen LogP contribution in [0.2, 0.25) is 5.02 Å². The third kappa shape index (κ3) is 5.28. The molecule has 0 aliphatic carbocycles. The number of ether oxygens (including phenoxy) is 2. The van der Waals surface area contributed by atoms with Crippen molar-refractivity contribution in [2.24, 2.45) is 5.84 Å².